The van der Waals surface area contributed by atoms with E-state index in [0.717, 1.165) is 19.6 Å². The highest BCUT2D eigenvalue weighted by atomic mass is 35.5. The summed E-state index contributed by atoms with van der Waals surface area (Å²) in [4.78, 5) is 14.0. The Balaban J connectivity index is 1.76. The van der Waals surface area contributed by atoms with Crippen molar-refractivity contribution in [2.75, 3.05) is 32.0 Å². The van der Waals surface area contributed by atoms with Crippen molar-refractivity contribution in [1.82, 2.24) is 10.2 Å². The fraction of sp³-hybridized carbons (Fsp3) is 0.462. The number of rotatable bonds is 5. The van der Waals surface area contributed by atoms with Crippen LogP contribution in [0.1, 0.15) is 6.42 Å². The van der Waals surface area contributed by atoms with Crippen molar-refractivity contribution in [2.24, 2.45) is 0 Å². The van der Waals surface area contributed by atoms with Gasteiger partial charge in [0, 0.05) is 32.1 Å². The van der Waals surface area contributed by atoms with Crippen molar-refractivity contribution in [3.05, 3.63) is 29.3 Å². The van der Waals surface area contributed by atoms with Crippen LogP contribution in [-0.4, -0.2) is 43.5 Å². The third kappa shape index (κ3) is 3.45. The summed E-state index contributed by atoms with van der Waals surface area (Å²) in [5, 5.41) is 6.62. The molecule has 1 aromatic carbocycles. The molecule has 5 heteroatoms. The molecule has 0 atom stereocenters. The van der Waals surface area contributed by atoms with Gasteiger partial charge >= 0.3 is 0 Å². The lowest BCUT2D eigenvalue weighted by atomic mass is 10.1. The molecule has 1 aliphatic rings. The SMILES string of the molecule is CN(CCC(=O)Nc1ccccc1Cl)C1CNC1. The number of hydrogen-bond donors (Lipinski definition) is 2. The number of hydrogen-bond acceptors (Lipinski definition) is 3. The van der Waals surface area contributed by atoms with Crippen LogP contribution in [0, 0.1) is 0 Å². The maximum atomic E-state index is 11.8. The van der Waals surface area contributed by atoms with Crippen LogP contribution in [-0.2, 0) is 4.79 Å². The first-order chi connectivity index (χ1) is 8.66. The predicted octanol–water partition coefficient (Wildman–Crippen LogP) is 1.57. The molecule has 0 radical (unpaired) electrons. The minimum absolute atomic E-state index is 0.00207. The van der Waals surface area contributed by atoms with Crippen molar-refractivity contribution in [2.45, 2.75) is 12.5 Å². The second kappa shape index (κ2) is 6.18. The Morgan fingerprint density at radius 2 is 2.22 bits per heavy atom. The quantitative estimate of drug-likeness (QED) is 0.851. The van der Waals surface area contributed by atoms with E-state index in [1.54, 1.807) is 12.1 Å². The first-order valence-electron chi connectivity index (χ1n) is 6.12. The molecule has 0 aliphatic carbocycles. The zero-order chi connectivity index (χ0) is 13.0. The lowest BCUT2D eigenvalue weighted by Crippen LogP contribution is -2.56. The number of para-hydroxylation sites is 1. The van der Waals surface area contributed by atoms with Crippen LogP contribution in [0.15, 0.2) is 24.3 Å². The third-order valence-electron chi connectivity index (χ3n) is 3.22. The molecule has 1 amide bonds. The van der Waals surface area contributed by atoms with Crippen LogP contribution in [0.4, 0.5) is 5.69 Å². The second-order valence-electron chi connectivity index (χ2n) is 4.57. The van der Waals surface area contributed by atoms with Gasteiger partial charge in [0.05, 0.1) is 10.7 Å². The lowest BCUT2D eigenvalue weighted by Gasteiger charge is -2.35. The first-order valence-corrected chi connectivity index (χ1v) is 6.50. The highest BCUT2D eigenvalue weighted by Crippen LogP contribution is 2.20. The minimum atomic E-state index is 0.00207. The second-order valence-corrected chi connectivity index (χ2v) is 4.98. The van der Waals surface area contributed by atoms with Gasteiger partial charge in [0.1, 0.15) is 0 Å². The van der Waals surface area contributed by atoms with Crippen LogP contribution in [0.25, 0.3) is 0 Å². The molecule has 98 valence electrons. The molecule has 0 spiro atoms. The maximum absolute atomic E-state index is 11.8. The number of nitrogens with zero attached hydrogens (tertiary/aromatic N) is 1. The molecule has 0 bridgehead atoms. The topological polar surface area (TPSA) is 44.4 Å². The molecule has 18 heavy (non-hydrogen) atoms. The summed E-state index contributed by atoms with van der Waals surface area (Å²) in [7, 11) is 2.05. The summed E-state index contributed by atoms with van der Waals surface area (Å²) in [6, 6.07) is 7.84. The van der Waals surface area contributed by atoms with E-state index < -0.39 is 0 Å². The molecule has 1 aromatic rings. The van der Waals surface area contributed by atoms with Gasteiger partial charge < -0.3 is 15.5 Å². The zero-order valence-corrected chi connectivity index (χ0v) is 11.2. The van der Waals surface area contributed by atoms with Crippen molar-refractivity contribution < 1.29 is 4.79 Å². The van der Waals surface area contributed by atoms with Gasteiger partial charge in [-0.3, -0.25) is 4.79 Å². The number of likely N-dealkylation sites (N-methyl/N-ethyl adjacent to an activating group) is 1. The Hall–Kier alpha value is -1.10. The third-order valence-corrected chi connectivity index (χ3v) is 3.55. The van der Waals surface area contributed by atoms with Crippen LogP contribution in [0.3, 0.4) is 0 Å². The summed E-state index contributed by atoms with van der Waals surface area (Å²) in [5.74, 6) is 0.00207. The highest BCUT2D eigenvalue weighted by molar-refractivity contribution is 6.33. The maximum Gasteiger partial charge on any atom is 0.225 e. The number of halogens is 1. The fourth-order valence-corrected chi connectivity index (χ4v) is 2.00. The minimum Gasteiger partial charge on any atom is -0.325 e. The number of carbonyl (C=O) groups excluding carboxylic acids is 1. The van der Waals surface area contributed by atoms with E-state index in [2.05, 4.69) is 15.5 Å². The van der Waals surface area contributed by atoms with Crippen LogP contribution in [0.2, 0.25) is 5.02 Å². The molecule has 2 N–H and O–H groups in total. The monoisotopic (exact) mass is 267 g/mol. The van der Waals surface area contributed by atoms with Gasteiger partial charge in [-0.15, -0.1) is 0 Å². The number of anilines is 1. The van der Waals surface area contributed by atoms with Crippen LogP contribution >= 0.6 is 11.6 Å². The molecule has 1 heterocycles. The number of nitrogens with one attached hydrogen (secondary N) is 2. The van der Waals surface area contributed by atoms with Gasteiger partial charge in [0.15, 0.2) is 0 Å². The number of carbonyl (C=O) groups is 1. The average molecular weight is 268 g/mol. The van der Waals surface area contributed by atoms with Crippen molar-refractivity contribution in [1.29, 1.82) is 0 Å². The van der Waals surface area contributed by atoms with Gasteiger partial charge in [-0.2, -0.15) is 0 Å². The fourth-order valence-electron chi connectivity index (χ4n) is 1.82. The molecule has 0 aromatic heterocycles. The van der Waals surface area contributed by atoms with Crippen LogP contribution in [0.5, 0.6) is 0 Å². The Bertz CT molecular complexity index is 420. The number of amides is 1. The van der Waals surface area contributed by atoms with Crippen LogP contribution < -0.4 is 10.6 Å². The molecule has 0 saturated carbocycles. The molecule has 4 nitrogen and oxygen atoms in total. The molecule has 1 aliphatic heterocycles. The largest absolute Gasteiger partial charge is 0.325 e. The van der Waals surface area contributed by atoms with Gasteiger partial charge in [0.25, 0.3) is 0 Å². The number of benzene rings is 1. The van der Waals surface area contributed by atoms with E-state index in [1.807, 2.05) is 19.2 Å². The Morgan fingerprint density at radius 3 is 2.83 bits per heavy atom. The molecular weight excluding hydrogens is 250 g/mol. The van der Waals surface area contributed by atoms with Gasteiger partial charge in [0.2, 0.25) is 5.91 Å². The first kappa shape index (κ1) is 13.3. The lowest BCUT2D eigenvalue weighted by molar-refractivity contribution is -0.116. The average Bonchev–Trinajstić information content (AvgIpc) is 2.27. The van der Waals surface area contributed by atoms with Crippen molar-refractivity contribution >= 4 is 23.2 Å². The highest BCUT2D eigenvalue weighted by Gasteiger charge is 2.21. The van der Waals surface area contributed by atoms with Crippen molar-refractivity contribution in [3.63, 3.8) is 0 Å². The Kier molecular flexibility index (Phi) is 4.58. The summed E-state index contributed by atoms with van der Waals surface area (Å²) in [5.41, 5.74) is 0.678. The summed E-state index contributed by atoms with van der Waals surface area (Å²) < 4.78 is 0. The van der Waals surface area contributed by atoms with E-state index in [0.29, 0.717) is 23.2 Å². The smallest absolute Gasteiger partial charge is 0.225 e. The molecule has 1 fully saturated rings. The standard InChI is InChI=1S/C13H18ClN3O/c1-17(10-8-15-9-10)7-6-13(18)16-12-5-3-2-4-11(12)14/h2-5,10,15H,6-9H2,1H3,(H,16,18). The Labute approximate surface area is 112 Å². The van der Waals surface area contributed by atoms with Gasteiger partial charge in [-0.1, -0.05) is 23.7 Å². The zero-order valence-electron chi connectivity index (χ0n) is 10.4. The van der Waals surface area contributed by atoms with E-state index >= 15 is 0 Å². The summed E-state index contributed by atoms with van der Waals surface area (Å²) in [6.07, 6.45) is 0.484. The molecular formula is C13H18ClN3O. The van der Waals surface area contributed by atoms with E-state index in [9.17, 15) is 4.79 Å². The van der Waals surface area contributed by atoms with Crippen molar-refractivity contribution in [3.8, 4) is 0 Å². The van der Waals surface area contributed by atoms with E-state index in [1.165, 1.54) is 0 Å². The molecule has 0 unspecified atom stereocenters. The summed E-state index contributed by atoms with van der Waals surface area (Å²) in [6.45, 7) is 2.80. The normalized spacial score (nSPS) is 15.5. The van der Waals surface area contributed by atoms with Gasteiger partial charge in [-0.25, -0.2) is 0 Å². The van der Waals surface area contributed by atoms with E-state index in [-0.39, 0.29) is 5.91 Å². The van der Waals surface area contributed by atoms with Gasteiger partial charge in [-0.05, 0) is 19.2 Å². The van der Waals surface area contributed by atoms with E-state index in [4.69, 9.17) is 11.6 Å². The summed E-state index contributed by atoms with van der Waals surface area (Å²) >= 11 is 5.98. The molecule has 2 rings (SSSR count). The molecule has 1 saturated heterocycles. The Morgan fingerprint density at radius 1 is 1.50 bits per heavy atom. The predicted molar refractivity (Wildman–Crippen MR) is 74.0 cm³/mol.